The summed E-state index contributed by atoms with van der Waals surface area (Å²) in [6.45, 7) is 4.00. The molecule has 0 radical (unpaired) electrons. The molecule has 0 bridgehead atoms. The van der Waals surface area contributed by atoms with Gasteiger partial charge in [0, 0.05) is 22.9 Å². The number of carbonyl (C=O) groups excluding carboxylic acids is 1. The quantitative estimate of drug-likeness (QED) is 0.795. The molecular weight excluding hydrogens is 355 g/mol. The van der Waals surface area contributed by atoms with Gasteiger partial charge in [-0.25, -0.2) is 0 Å². The highest BCUT2D eigenvalue weighted by Crippen LogP contribution is 2.28. The number of rotatable bonds is 4. The molecule has 1 atom stereocenters. The molecule has 19 heavy (non-hydrogen) atoms. The molecule has 0 saturated carbocycles. The van der Waals surface area contributed by atoms with E-state index in [1.54, 1.807) is 7.11 Å². The lowest BCUT2D eigenvalue weighted by atomic mass is 9.87. The van der Waals surface area contributed by atoms with Crippen LogP contribution in [0.1, 0.15) is 12.0 Å². The first kappa shape index (κ1) is 14.7. The molecule has 1 heterocycles. The molecular formula is C14H19IN2O2. The number of hydrogen-bond acceptors (Lipinski definition) is 3. The zero-order valence-corrected chi connectivity index (χ0v) is 13.4. The molecule has 2 rings (SSSR count). The van der Waals surface area contributed by atoms with Gasteiger partial charge in [0.15, 0.2) is 0 Å². The molecule has 1 amide bonds. The van der Waals surface area contributed by atoms with E-state index < -0.39 is 5.41 Å². The van der Waals surface area contributed by atoms with Crippen molar-refractivity contribution in [1.29, 1.82) is 0 Å². The molecule has 0 aliphatic carbocycles. The highest BCUT2D eigenvalue weighted by Gasteiger charge is 2.41. The van der Waals surface area contributed by atoms with Crippen LogP contribution < -0.4 is 10.6 Å². The number of halogens is 1. The van der Waals surface area contributed by atoms with Gasteiger partial charge in [-0.05, 0) is 66.2 Å². The largest absolute Gasteiger partial charge is 0.384 e. The molecule has 1 unspecified atom stereocenters. The van der Waals surface area contributed by atoms with E-state index in [9.17, 15) is 4.79 Å². The normalized spacial score (nSPS) is 22.5. The lowest BCUT2D eigenvalue weighted by Gasteiger charge is -2.26. The van der Waals surface area contributed by atoms with E-state index in [1.807, 2.05) is 19.1 Å². The average Bonchev–Trinajstić information content (AvgIpc) is 2.83. The zero-order chi connectivity index (χ0) is 13.9. The maximum Gasteiger partial charge on any atom is 0.234 e. The van der Waals surface area contributed by atoms with Crippen molar-refractivity contribution in [3.05, 3.63) is 27.3 Å². The molecule has 1 aromatic rings. The van der Waals surface area contributed by atoms with Crippen LogP contribution >= 0.6 is 22.6 Å². The molecule has 1 aromatic carbocycles. The Labute approximate surface area is 127 Å². The molecule has 104 valence electrons. The fraction of sp³-hybridized carbons (Fsp3) is 0.500. The highest BCUT2D eigenvalue weighted by atomic mass is 127. The minimum absolute atomic E-state index is 0.0451. The van der Waals surface area contributed by atoms with Crippen LogP contribution in [0.2, 0.25) is 0 Å². The highest BCUT2D eigenvalue weighted by molar-refractivity contribution is 14.1. The first-order valence-electron chi connectivity index (χ1n) is 6.35. The van der Waals surface area contributed by atoms with Crippen molar-refractivity contribution in [2.75, 3.05) is 32.1 Å². The number of carbonyl (C=O) groups is 1. The Balaban J connectivity index is 2.15. The van der Waals surface area contributed by atoms with Crippen molar-refractivity contribution < 1.29 is 9.53 Å². The van der Waals surface area contributed by atoms with Crippen LogP contribution in [0.15, 0.2) is 18.2 Å². The van der Waals surface area contributed by atoms with Gasteiger partial charge in [0.2, 0.25) is 5.91 Å². The first-order chi connectivity index (χ1) is 9.07. The minimum atomic E-state index is -0.440. The van der Waals surface area contributed by atoms with E-state index in [2.05, 4.69) is 39.3 Å². The molecule has 0 spiro atoms. The van der Waals surface area contributed by atoms with Crippen molar-refractivity contribution in [3.8, 4) is 0 Å². The van der Waals surface area contributed by atoms with Crippen molar-refractivity contribution >= 4 is 34.2 Å². The van der Waals surface area contributed by atoms with Crippen molar-refractivity contribution in [1.82, 2.24) is 5.32 Å². The second kappa shape index (κ2) is 6.19. The maximum absolute atomic E-state index is 12.5. The van der Waals surface area contributed by atoms with Crippen LogP contribution in [0.25, 0.3) is 0 Å². The number of methoxy groups -OCH3 is 1. The average molecular weight is 374 g/mol. The van der Waals surface area contributed by atoms with Gasteiger partial charge < -0.3 is 15.4 Å². The topological polar surface area (TPSA) is 50.4 Å². The van der Waals surface area contributed by atoms with Gasteiger partial charge in [-0.15, -0.1) is 0 Å². The SMILES string of the molecule is COCC1(C(=O)Nc2ccc(I)cc2C)CCNC1. The number of anilines is 1. The van der Waals surface area contributed by atoms with Crippen molar-refractivity contribution in [2.45, 2.75) is 13.3 Å². The van der Waals surface area contributed by atoms with E-state index in [0.29, 0.717) is 13.2 Å². The van der Waals surface area contributed by atoms with Gasteiger partial charge in [-0.2, -0.15) is 0 Å². The monoisotopic (exact) mass is 374 g/mol. The molecule has 1 saturated heterocycles. The Bertz CT molecular complexity index is 471. The number of ether oxygens (including phenoxy) is 1. The number of amides is 1. The van der Waals surface area contributed by atoms with Gasteiger partial charge >= 0.3 is 0 Å². The standard InChI is InChI=1S/C14H19IN2O2/c1-10-7-11(15)3-4-12(10)17-13(18)14(9-19-2)5-6-16-8-14/h3-4,7,16H,5-6,8-9H2,1-2H3,(H,17,18). The summed E-state index contributed by atoms with van der Waals surface area (Å²) >= 11 is 2.27. The van der Waals surface area contributed by atoms with E-state index in [-0.39, 0.29) is 5.91 Å². The van der Waals surface area contributed by atoms with Crippen LogP contribution in [-0.4, -0.2) is 32.7 Å². The van der Waals surface area contributed by atoms with Crippen LogP contribution in [-0.2, 0) is 9.53 Å². The van der Waals surface area contributed by atoms with E-state index in [0.717, 1.165) is 24.2 Å². The molecule has 1 fully saturated rings. The molecule has 4 nitrogen and oxygen atoms in total. The van der Waals surface area contributed by atoms with Crippen molar-refractivity contribution in [3.63, 3.8) is 0 Å². The Morgan fingerprint density at radius 2 is 2.37 bits per heavy atom. The summed E-state index contributed by atoms with van der Waals surface area (Å²) in [5.41, 5.74) is 1.52. The smallest absolute Gasteiger partial charge is 0.234 e. The van der Waals surface area contributed by atoms with Gasteiger partial charge in [0.05, 0.1) is 12.0 Å². The van der Waals surface area contributed by atoms with Crippen molar-refractivity contribution in [2.24, 2.45) is 5.41 Å². The third kappa shape index (κ3) is 3.27. The Morgan fingerprint density at radius 1 is 1.58 bits per heavy atom. The number of hydrogen-bond donors (Lipinski definition) is 2. The summed E-state index contributed by atoms with van der Waals surface area (Å²) in [5.74, 6) is 0.0451. The molecule has 5 heteroatoms. The van der Waals surface area contributed by atoms with Crippen LogP contribution in [0, 0.1) is 15.9 Å². The predicted octanol–water partition coefficient (Wildman–Crippen LogP) is 2.16. The fourth-order valence-corrected chi connectivity index (χ4v) is 3.07. The Hall–Kier alpha value is -0.660. The second-order valence-corrected chi connectivity index (χ2v) is 6.30. The summed E-state index contributed by atoms with van der Waals surface area (Å²) in [6, 6.07) is 6.02. The molecule has 1 aliphatic heterocycles. The Kier molecular flexibility index (Phi) is 4.81. The minimum Gasteiger partial charge on any atom is -0.384 e. The summed E-state index contributed by atoms with van der Waals surface area (Å²) in [7, 11) is 1.64. The third-order valence-corrected chi connectivity index (χ3v) is 4.25. The molecule has 1 aliphatic rings. The van der Waals surface area contributed by atoms with Gasteiger partial charge in [0.25, 0.3) is 0 Å². The zero-order valence-electron chi connectivity index (χ0n) is 11.3. The summed E-state index contributed by atoms with van der Waals surface area (Å²) in [5, 5.41) is 6.29. The lowest BCUT2D eigenvalue weighted by molar-refractivity contribution is -0.127. The third-order valence-electron chi connectivity index (χ3n) is 3.58. The predicted molar refractivity (Wildman–Crippen MR) is 84.3 cm³/mol. The van der Waals surface area contributed by atoms with Crippen LogP contribution in [0.3, 0.4) is 0 Å². The van der Waals surface area contributed by atoms with Gasteiger partial charge in [-0.3, -0.25) is 4.79 Å². The van der Waals surface area contributed by atoms with E-state index >= 15 is 0 Å². The van der Waals surface area contributed by atoms with Crippen LogP contribution in [0.4, 0.5) is 5.69 Å². The summed E-state index contributed by atoms with van der Waals surface area (Å²) in [6.07, 6.45) is 0.816. The number of benzene rings is 1. The number of aryl methyl sites for hydroxylation is 1. The van der Waals surface area contributed by atoms with Gasteiger partial charge in [-0.1, -0.05) is 0 Å². The first-order valence-corrected chi connectivity index (χ1v) is 7.42. The van der Waals surface area contributed by atoms with Gasteiger partial charge in [0.1, 0.15) is 0 Å². The van der Waals surface area contributed by atoms with E-state index in [4.69, 9.17) is 4.74 Å². The molecule has 0 aromatic heterocycles. The lowest BCUT2D eigenvalue weighted by Crippen LogP contribution is -2.41. The summed E-state index contributed by atoms with van der Waals surface area (Å²) < 4.78 is 6.40. The van der Waals surface area contributed by atoms with Crippen LogP contribution in [0.5, 0.6) is 0 Å². The number of nitrogens with one attached hydrogen (secondary N) is 2. The summed E-state index contributed by atoms with van der Waals surface area (Å²) in [4.78, 5) is 12.5. The molecule has 2 N–H and O–H groups in total. The second-order valence-electron chi connectivity index (χ2n) is 5.05. The van der Waals surface area contributed by atoms with E-state index in [1.165, 1.54) is 3.57 Å². The fourth-order valence-electron chi connectivity index (χ4n) is 2.42. The Morgan fingerprint density at radius 3 is 2.95 bits per heavy atom. The maximum atomic E-state index is 12.5.